The van der Waals surface area contributed by atoms with Gasteiger partial charge in [-0.1, -0.05) is 29.8 Å². The molecule has 0 saturated carbocycles. The van der Waals surface area contributed by atoms with E-state index < -0.39 is 0 Å². The van der Waals surface area contributed by atoms with Crippen molar-refractivity contribution in [2.75, 3.05) is 12.3 Å². The number of hydrogen-bond donors (Lipinski definition) is 2. The number of nitrogens with one attached hydrogen (secondary N) is 1. The Kier molecular flexibility index (Phi) is 4.53. The third kappa shape index (κ3) is 3.83. The molecule has 0 aromatic heterocycles. The smallest absolute Gasteiger partial charge is 0.229 e. The number of rotatable bonds is 4. The molecule has 14 heavy (non-hydrogen) atoms. The van der Waals surface area contributed by atoms with Crippen molar-refractivity contribution in [1.82, 2.24) is 5.32 Å². The zero-order valence-corrected chi connectivity index (χ0v) is 9.18. The SMILES string of the molecule is Cc1cccc(CCNC(=O)CS)c1. The van der Waals surface area contributed by atoms with Crippen molar-refractivity contribution in [1.29, 1.82) is 0 Å². The van der Waals surface area contributed by atoms with E-state index in [0.717, 1.165) is 6.42 Å². The molecule has 0 aliphatic heterocycles. The largest absolute Gasteiger partial charge is 0.355 e. The maximum Gasteiger partial charge on any atom is 0.229 e. The number of amides is 1. The van der Waals surface area contributed by atoms with Crippen LogP contribution in [0.5, 0.6) is 0 Å². The van der Waals surface area contributed by atoms with E-state index in [9.17, 15) is 4.79 Å². The molecular weight excluding hydrogens is 194 g/mol. The topological polar surface area (TPSA) is 29.1 Å². The van der Waals surface area contributed by atoms with Gasteiger partial charge < -0.3 is 5.32 Å². The van der Waals surface area contributed by atoms with Gasteiger partial charge in [-0.25, -0.2) is 0 Å². The first kappa shape index (κ1) is 11.1. The van der Waals surface area contributed by atoms with Crippen LogP contribution in [0.4, 0.5) is 0 Å². The van der Waals surface area contributed by atoms with Crippen LogP contribution in [0.15, 0.2) is 24.3 Å². The number of thiol groups is 1. The minimum Gasteiger partial charge on any atom is -0.355 e. The van der Waals surface area contributed by atoms with E-state index in [4.69, 9.17) is 0 Å². The van der Waals surface area contributed by atoms with Gasteiger partial charge in [-0.05, 0) is 18.9 Å². The highest BCUT2D eigenvalue weighted by molar-refractivity contribution is 7.81. The van der Waals surface area contributed by atoms with Gasteiger partial charge in [-0.15, -0.1) is 0 Å². The summed E-state index contributed by atoms with van der Waals surface area (Å²) >= 11 is 3.88. The number of benzene rings is 1. The van der Waals surface area contributed by atoms with Crippen LogP contribution in [0.3, 0.4) is 0 Å². The molecule has 0 bridgehead atoms. The number of carbonyl (C=O) groups is 1. The average Bonchev–Trinajstić information content (AvgIpc) is 2.17. The zero-order valence-electron chi connectivity index (χ0n) is 8.29. The van der Waals surface area contributed by atoms with Crippen molar-refractivity contribution in [3.63, 3.8) is 0 Å². The highest BCUT2D eigenvalue weighted by Crippen LogP contribution is 2.03. The molecule has 2 nitrogen and oxygen atoms in total. The highest BCUT2D eigenvalue weighted by Gasteiger charge is 1.97. The van der Waals surface area contributed by atoms with E-state index >= 15 is 0 Å². The Hall–Kier alpha value is -0.960. The molecule has 0 aliphatic carbocycles. The van der Waals surface area contributed by atoms with E-state index in [1.165, 1.54) is 11.1 Å². The molecule has 1 rings (SSSR count). The Balaban J connectivity index is 2.35. The fourth-order valence-corrected chi connectivity index (χ4v) is 1.38. The van der Waals surface area contributed by atoms with Crippen molar-refractivity contribution >= 4 is 18.5 Å². The molecule has 1 amide bonds. The summed E-state index contributed by atoms with van der Waals surface area (Å²) in [5.41, 5.74) is 2.51. The third-order valence-electron chi connectivity index (χ3n) is 1.96. The van der Waals surface area contributed by atoms with Gasteiger partial charge in [-0.2, -0.15) is 12.6 Å². The Labute approximate surface area is 90.1 Å². The lowest BCUT2D eigenvalue weighted by Gasteiger charge is -2.04. The highest BCUT2D eigenvalue weighted by atomic mass is 32.1. The summed E-state index contributed by atoms with van der Waals surface area (Å²) in [6.07, 6.45) is 0.876. The van der Waals surface area contributed by atoms with Crippen molar-refractivity contribution in [3.05, 3.63) is 35.4 Å². The first-order chi connectivity index (χ1) is 6.72. The standard InChI is InChI=1S/C11H15NOS/c1-9-3-2-4-10(7-9)5-6-12-11(13)8-14/h2-4,7,14H,5-6,8H2,1H3,(H,12,13). The molecule has 0 spiro atoms. The van der Waals surface area contributed by atoms with Gasteiger partial charge in [-0.3, -0.25) is 4.79 Å². The van der Waals surface area contributed by atoms with Crippen LogP contribution in [0.2, 0.25) is 0 Å². The van der Waals surface area contributed by atoms with Gasteiger partial charge >= 0.3 is 0 Å². The molecule has 0 unspecified atom stereocenters. The van der Waals surface area contributed by atoms with E-state index in [1.807, 2.05) is 6.07 Å². The van der Waals surface area contributed by atoms with Crippen LogP contribution in [-0.2, 0) is 11.2 Å². The molecule has 1 aromatic rings. The normalized spacial score (nSPS) is 9.86. The zero-order chi connectivity index (χ0) is 10.4. The maximum atomic E-state index is 10.9. The van der Waals surface area contributed by atoms with Gasteiger partial charge in [0.25, 0.3) is 0 Å². The summed E-state index contributed by atoms with van der Waals surface area (Å²) in [5.74, 6) is 0.245. The van der Waals surface area contributed by atoms with Crippen molar-refractivity contribution in [2.24, 2.45) is 0 Å². The molecule has 1 N–H and O–H groups in total. The summed E-state index contributed by atoms with van der Waals surface area (Å²) in [7, 11) is 0. The lowest BCUT2D eigenvalue weighted by Crippen LogP contribution is -2.26. The number of hydrogen-bond acceptors (Lipinski definition) is 2. The third-order valence-corrected chi connectivity index (χ3v) is 2.25. The molecule has 0 heterocycles. The first-order valence-electron chi connectivity index (χ1n) is 4.65. The minimum atomic E-state index is -0.0130. The second kappa shape index (κ2) is 5.70. The second-order valence-corrected chi connectivity index (χ2v) is 3.56. The minimum absolute atomic E-state index is 0.0130. The monoisotopic (exact) mass is 209 g/mol. The fraction of sp³-hybridized carbons (Fsp3) is 0.364. The second-order valence-electron chi connectivity index (χ2n) is 3.25. The summed E-state index contributed by atoms with van der Waals surface area (Å²) in [5, 5.41) is 2.78. The molecule has 0 saturated heterocycles. The maximum absolute atomic E-state index is 10.9. The lowest BCUT2D eigenvalue weighted by atomic mass is 10.1. The average molecular weight is 209 g/mol. The van der Waals surface area contributed by atoms with Gasteiger partial charge in [0, 0.05) is 6.54 Å². The van der Waals surface area contributed by atoms with Crippen LogP contribution in [-0.4, -0.2) is 18.2 Å². The fourth-order valence-electron chi connectivity index (χ4n) is 1.27. The molecule has 0 atom stereocenters. The molecule has 0 fully saturated rings. The van der Waals surface area contributed by atoms with Gasteiger partial charge in [0.15, 0.2) is 0 Å². The predicted octanol–water partition coefficient (Wildman–Crippen LogP) is 1.58. The first-order valence-corrected chi connectivity index (χ1v) is 5.28. The molecule has 0 radical (unpaired) electrons. The summed E-state index contributed by atoms with van der Waals surface area (Å²) in [4.78, 5) is 10.9. The summed E-state index contributed by atoms with van der Waals surface area (Å²) < 4.78 is 0. The predicted molar refractivity (Wildman–Crippen MR) is 61.7 cm³/mol. The Bertz CT molecular complexity index is 312. The van der Waals surface area contributed by atoms with E-state index in [-0.39, 0.29) is 11.7 Å². The molecular formula is C11H15NOS. The van der Waals surface area contributed by atoms with Crippen LogP contribution in [0.25, 0.3) is 0 Å². The lowest BCUT2D eigenvalue weighted by molar-refractivity contribution is -0.118. The number of aryl methyl sites for hydroxylation is 1. The quantitative estimate of drug-likeness (QED) is 0.724. The van der Waals surface area contributed by atoms with Crippen LogP contribution in [0, 0.1) is 6.92 Å². The molecule has 3 heteroatoms. The Morgan fingerprint density at radius 2 is 2.29 bits per heavy atom. The van der Waals surface area contributed by atoms with Gasteiger partial charge in [0.2, 0.25) is 5.91 Å². The van der Waals surface area contributed by atoms with Crippen molar-refractivity contribution in [3.8, 4) is 0 Å². The van der Waals surface area contributed by atoms with Gasteiger partial charge in [0.1, 0.15) is 0 Å². The van der Waals surface area contributed by atoms with E-state index in [2.05, 4.69) is 43.1 Å². The van der Waals surface area contributed by atoms with E-state index in [1.54, 1.807) is 0 Å². The molecule has 1 aromatic carbocycles. The summed E-state index contributed by atoms with van der Waals surface area (Å²) in [6.45, 7) is 2.75. The molecule has 76 valence electrons. The Morgan fingerprint density at radius 3 is 2.93 bits per heavy atom. The van der Waals surface area contributed by atoms with Crippen LogP contribution < -0.4 is 5.32 Å². The van der Waals surface area contributed by atoms with Crippen molar-refractivity contribution in [2.45, 2.75) is 13.3 Å². The Morgan fingerprint density at radius 1 is 1.50 bits per heavy atom. The van der Waals surface area contributed by atoms with Crippen LogP contribution in [0.1, 0.15) is 11.1 Å². The summed E-state index contributed by atoms with van der Waals surface area (Å²) in [6, 6.07) is 8.30. The van der Waals surface area contributed by atoms with Crippen LogP contribution >= 0.6 is 12.6 Å². The molecule has 0 aliphatic rings. The van der Waals surface area contributed by atoms with Gasteiger partial charge in [0.05, 0.1) is 5.75 Å². The van der Waals surface area contributed by atoms with Crippen molar-refractivity contribution < 1.29 is 4.79 Å². The number of carbonyl (C=O) groups excluding carboxylic acids is 1. The van der Waals surface area contributed by atoms with E-state index in [0.29, 0.717) is 6.54 Å².